The number of benzene rings is 1. The minimum absolute atomic E-state index is 0.0334. The first-order valence-electron chi connectivity index (χ1n) is 8.22. The van der Waals surface area contributed by atoms with Crippen LogP contribution in [0.4, 0.5) is 4.39 Å². The van der Waals surface area contributed by atoms with Gasteiger partial charge in [-0.3, -0.25) is 4.79 Å². The van der Waals surface area contributed by atoms with Crippen LogP contribution in [0, 0.1) is 17.7 Å². The van der Waals surface area contributed by atoms with Gasteiger partial charge in [-0.2, -0.15) is 5.10 Å². The second-order valence-electron chi connectivity index (χ2n) is 6.62. The van der Waals surface area contributed by atoms with Crippen molar-refractivity contribution in [3.63, 3.8) is 0 Å². The summed E-state index contributed by atoms with van der Waals surface area (Å²) in [5, 5.41) is 4.29. The highest BCUT2D eigenvalue weighted by atomic mass is 19.1. The van der Waals surface area contributed by atoms with Crippen molar-refractivity contribution in [1.29, 1.82) is 0 Å². The minimum Gasteiger partial charge on any atom is -0.471 e. The Morgan fingerprint density at radius 3 is 2.54 bits per heavy atom. The molecule has 2 aromatic rings. The van der Waals surface area contributed by atoms with Crippen LogP contribution in [-0.4, -0.2) is 33.7 Å². The zero-order valence-corrected chi connectivity index (χ0v) is 14.0. The lowest BCUT2D eigenvalue weighted by Gasteiger charge is -2.34. The van der Waals surface area contributed by atoms with Crippen molar-refractivity contribution in [2.45, 2.75) is 27.0 Å². The molecule has 1 aromatic heterocycles. The summed E-state index contributed by atoms with van der Waals surface area (Å²) in [6.07, 6.45) is 2.87. The summed E-state index contributed by atoms with van der Waals surface area (Å²) in [4.78, 5) is 14.5. The van der Waals surface area contributed by atoms with Crippen LogP contribution in [-0.2, 0) is 6.73 Å². The highest BCUT2D eigenvalue weighted by Gasteiger charge is 2.27. The Labute approximate surface area is 141 Å². The minimum atomic E-state index is -0.306. The van der Waals surface area contributed by atoms with Crippen molar-refractivity contribution in [2.75, 3.05) is 13.1 Å². The van der Waals surface area contributed by atoms with Crippen LogP contribution in [0.25, 0.3) is 0 Å². The van der Waals surface area contributed by atoms with Gasteiger partial charge in [0.1, 0.15) is 11.6 Å². The lowest BCUT2D eigenvalue weighted by molar-refractivity contribution is 0.0615. The molecular weight excluding hydrogens is 309 g/mol. The summed E-state index contributed by atoms with van der Waals surface area (Å²) in [6, 6.07) is 7.50. The first-order valence-corrected chi connectivity index (χ1v) is 8.22. The highest BCUT2D eigenvalue weighted by Crippen LogP contribution is 2.22. The van der Waals surface area contributed by atoms with Crippen molar-refractivity contribution in [2.24, 2.45) is 11.8 Å². The van der Waals surface area contributed by atoms with Gasteiger partial charge in [0.05, 0.1) is 0 Å². The Morgan fingerprint density at radius 2 is 1.88 bits per heavy atom. The molecule has 0 N–H and O–H groups in total. The fourth-order valence-electron chi connectivity index (χ4n) is 3.21. The summed E-state index contributed by atoms with van der Waals surface area (Å²) in [6.45, 7) is 6.08. The monoisotopic (exact) mass is 331 g/mol. The third-order valence-electron chi connectivity index (χ3n) is 4.19. The third-order valence-corrected chi connectivity index (χ3v) is 4.19. The summed E-state index contributed by atoms with van der Waals surface area (Å²) < 4.78 is 20.0. The van der Waals surface area contributed by atoms with Gasteiger partial charge < -0.3 is 9.64 Å². The normalized spacial score (nSPS) is 20.9. The summed E-state index contributed by atoms with van der Waals surface area (Å²) in [7, 11) is 0. The summed E-state index contributed by atoms with van der Waals surface area (Å²) in [5.74, 6) is 1.25. The molecule has 2 heterocycles. The molecule has 0 bridgehead atoms. The van der Waals surface area contributed by atoms with Crippen molar-refractivity contribution >= 4 is 5.91 Å². The van der Waals surface area contributed by atoms with E-state index in [0.717, 1.165) is 19.5 Å². The van der Waals surface area contributed by atoms with Gasteiger partial charge in [-0.1, -0.05) is 13.8 Å². The molecule has 128 valence electrons. The van der Waals surface area contributed by atoms with E-state index in [1.165, 1.54) is 12.1 Å². The Hall–Kier alpha value is -2.37. The van der Waals surface area contributed by atoms with Gasteiger partial charge >= 0.3 is 0 Å². The molecule has 24 heavy (non-hydrogen) atoms. The number of hydrogen-bond acceptors (Lipinski definition) is 3. The Balaban J connectivity index is 1.60. The van der Waals surface area contributed by atoms with E-state index in [1.807, 2.05) is 4.90 Å². The van der Waals surface area contributed by atoms with E-state index in [9.17, 15) is 9.18 Å². The van der Waals surface area contributed by atoms with Gasteiger partial charge in [0.25, 0.3) is 5.91 Å². The zero-order chi connectivity index (χ0) is 17.1. The van der Waals surface area contributed by atoms with Crippen molar-refractivity contribution in [3.05, 3.63) is 48.0 Å². The maximum absolute atomic E-state index is 12.9. The van der Waals surface area contributed by atoms with Crippen molar-refractivity contribution in [3.8, 4) is 5.75 Å². The topological polar surface area (TPSA) is 47.4 Å². The number of aromatic nitrogens is 2. The number of piperidine rings is 1. The van der Waals surface area contributed by atoms with Gasteiger partial charge in [0.15, 0.2) is 12.4 Å². The van der Waals surface area contributed by atoms with Crippen LogP contribution < -0.4 is 4.74 Å². The van der Waals surface area contributed by atoms with Crippen LogP contribution in [0.2, 0.25) is 0 Å². The number of halogens is 1. The summed E-state index contributed by atoms with van der Waals surface area (Å²) >= 11 is 0. The third kappa shape index (κ3) is 3.93. The fourth-order valence-corrected chi connectivity index (χ4v) is 3.21. The lowest BCUT2D eigenvalue weighted by Crippen LogP contribution is -2.42. The highest BCUT2D eigenvalue weighted by molar-refractivity contribution is 5.92. The lowest BCUT2D eigenvalue weighted by atomic mass is 9.92. The van der Waals surface area contributed by atoms with Gasteiger partial charge in [0, 0.05) is 19.3 Å². The van der Waals surface area contributed by atoms with Gasteiger partial charge in [-0.25, -0.2) is 9.07 Å². The second-order valence-corrected chi connectivity index (χ2v) is 6.62. The zero-order valence-electron chi connectivity index (χ0n) is 14.0. The molecule has 2 atom stereocenters. The molecule has 1 amide bonds. The number of hydrogen-bond donors (Lipinski definition) is 0. The molecule has 2 unspecified atom stereocenters. The van der Waals surface area contributed by atoms with E-state index in [1.54, 1.807) is 29.1 Å². The molecule has 1 aliphatic heterocycles. The number of carbonyl (C=O) groups is 1. The van der Waals surface area contributed by atoms with E-state index in [4.69, 9.17) is 4.74 Å². The van der Waals surface area contributed by atoms with Crippen LogP contribution >= 0.6 is 0 Å². The molecule has 0 radical (unpaired) electrons. The molecule has 5 nitrogen and oxygen atoms in total. The molecule has 0 spiro atoms. The first-order chi connectivity index (χ1) is 11.5. The quantitative estimate of drug-likeness (QED) is 0.864. The van der Waals surface area contributed by atoms with Gasteiger partial charge in [-0.15, -0.1) is 0 Å². The van der Waals surface area contributed by atoms with E-state index >= 15 is 0 Å². The van der Waals surface area contributed by atoms with E-state index in [0.29, 0.717) is 23.3 Å². The number of likely N-dealkylation sites (tertiary alicyclic amines) is 1. The number of amides is 1. The van der Waals surface area contributed by atoms with E-state index < -0.39 is 0 Å². The Bertz CT molecular complexity index is 689. The molecule has 1 fully saturated rings. The molecule has 1 aromatic carbocycles. The molecule has 6 heteroatoms. The molecule has 1 aliphatic rings. The predicted molar refractivity (Wildman–Crippen MR) is 88.1 cm³/mol. The SMILES string of the molecule is CC1CC(C)CN(C(=O)c2ccn(COc3ccc(F)cc3)n2)C1. The Morgan fingerprint density at radius 1 is 1.21 bits per heavy atom. The van der Waals surface area contributed by atoms with Crippen LogP contribution in [0.3, 0.4) is 0 Å². The Kier molecular flexibility index (Phi) is 4.83. The predicted octanol–water partition coefficient (Wildman–Crippen LogP) is 3.18. The van der Waals surface area contributed by atoms with Crippen LogP contribution in [0.5, 0.6) is 5.75 Å². The average molecular weight is 331 g/mol. The number of carbonyl (C=O) groups excluding carboxylic acids is 1. The number of ether oxygens (including phenoxy) is 1. The van der Waals surface area contributed by atoms with Gasteiger partial charge in [0.2, 0.25) is 0 Å². The van der Waals surface area contributed by atoms with Gasteiger partial charge in [-0.05, 0) is 48.6 Å². The molecule has 0 aliphatic carbocycles. The molecule has 3 rings (SSSR count). The van der Waals surface area contributed by atoms with Crippen molar-refractivity contribution < 1.29 is 13.9 Å². The number of rotatable bonds is 4. The number of nitrogens with zero attached hydrogens (tertiary/aromatic N) is 3. The van der Waals surface area contributed by atoms with Crippen LogP contribution in [0.1, 0.15) is 30.8 Å². The average Bonchev–Trinajstić information content (AvgIpc) is 3.01. The maximum Gasteiger partial charge on any atom is 0.274 e. The largest absolute Gasteiger partial charge is 0.471 e. The molecule has 0 saturated carbocycles. The van der Waals surface area contributed by atoms with Crippen molar-refractivity contribution in [1.82, 2.24) is 14.7 Å². The maximum atomic E-state index is 12.9. The molecular formula is C18H22FN3O2. The van der Waals surface area contributed by atoms with E-state index in [-0.39, 0.29) is 18.5 Å². The molecule has 1 saturated heterocycles. The second kappa shape index (κ2) is 7.03. The van der Waals surface area contributed by atoms with E-state index in [2.05, 4.69) is 18.9 Å². The fraction of sp³-hybridized carbons (Fsp3) is 0.444. The standard InChI is InChI=1S/C18H22FN3O2/c1-13-9-14(2)11-21(10-13)18(23)17-7-8-22(20-17)12-24-16-5-3-15(19)4-6-16/h3-8,13-14H,9-12H2,1-2H3. The smallest absolute Gasteiger partial charge is 0.274 e. The summed E-state index contributed by atoms with van der Waals surface area (Å²) in [5.41, 5.74) is 0.430. The first kappa shape index (κ1) is 16.5. The van der Waals surface area contributed by atoms with Crippen LogP contribution in [0.15, 0.2) is 36.5 Å².